The standard InChI is InChI=1S/C10H15FN2S/c1-10(2,14-3)9(12)7-4-8(11)6-13-5-7/h4-6,9H,12H2,1-3H3. The molecule has 1 unspecified atom stereocenters. The molecule has 1 aromatic rings. The molecule has 14 heavy (non-hydrogen) atoms. The third kappa shape index (κ3) is 2.45. The second-order valence-corrected chi connectivity index (χ2v) is 5.18. The first-order chi connectivity index (χ1) is 6.47. The molecular formula is C10H15FN2S. The van der Waals surface area contributed by atoms with Crippen molar-refractivity contribution in [3.63, 3.8) is 0 Å². The summed E-state index contributed by atoms with van der Waals surface area (Å²) in [6.07, 6.45) is 4.79. The topological polar surface area (TPSA) is 38.9 Å². The first-order valence-electron chi connectivity index (χ1n) is 4.38. The minimum Gasteiger partial charge on any atom is -0.323 e. The second kappa shape index (κ2) is 4.28. The van der Waals surface area contributed by atoms with Gasteiger partial charge in [0.05, 0.1) is 6.20 Å². The Morgan fingerprint density at radius 1 is 1.50 bits per heavy atom. The van der Waals surface area contributed by atoms with Crippen molar-refractivity contribution in [2.75, 3.05) is 6.26 Å². The van der Waals surface area contributed by atoms with Crippen molar-refractivity contribution in [1.82, 2.24) is 4.98 Å². The van der Waals surface area contributed by atoms with Gasteiger partial charge in [0, 0.05) is 17.0 Å². The first kappa shape index (κ1) is 11.5. The zero-order valence-corrected chi connectivity index (χ0v) is 9.44. The van der Waals surface area contributed by atoms with Crippen molar-refractivity contribution in [3.05, 3.63) is 29.8 Å². The smallest absolute Gasteiger partial charge is 0.141 e. The van der Waals surface area contributed by atoms with E-state index in [1.165, 1.54) is 12.3 Å². The van der Waals surface area contributed by atoms with Crippen molar-refractivity contribution >= 4 is 11.8 Å². The van der Waals surface area contributed by atoms with Gasteiger partial charge in [0.1, 0.15) is 5.82 Å². The van der Waals surface area contributed by atoms with Gasteiger partial charge < -0.3 is 5.73 Å². The SMILES string of the molecule is CSC(C)(C)C(N)c1cncc(F)c1. The van der Waals surface area contributed by atoms with Gasteiger partial charge in [0.15, 0.2) is 0 Å². The van der Waals surface area contributed by atoms with E-state index in [1.807, 2.05) is 20.1 Å². The Bertz CT molecular complexity index is 315. The minimum absolute atomic E-state index is 0.116. The maximum absolute atomic E-state index is 12.9. The molecule has 2 N–H and O–H groups in total. The highest BCUT2D eigenvalue weighted by molar-refractivity contribution is 7.99. The molecule has 0 amide bonds. The van der Waals surface area contributed by atoms with Crippen LogP contribution in [0.2, 0.25) is 0 Å². The summed E-state index contributed by atoms with van der Waals surface area (Å²) in [5.41, 5.74) is 6.76. The average Bonchev–Trinajstić information content (AvgIpc) is 2.16. The number of aromatic nitrogens is 1. The van der Waals surface area contributed by atoms with E-state index < -0.39 is 0 Å². The van der Waals surface area contributed by atoms with Gasteiger partial charge in [-0.2, -0.15) is 11.8 Å². The second-order valence-electron chi connectivity index (χ2n) is 3.72. The van der Waals surface area contributed by atoms with Gasteiger partial charge in [-0.25, -0.2) is 4.39 Å². The molecular weight excluding hydrogens is 199 g/mol. The Balaban J connectivity index is 2.94. The summed E-state index contributed by atoms with van der Waals surface area (Å²) < 4.78 is 12.8. The van der Waals surface area contributed by atoms with E-state index in [9.17, 15) is 4.39 Å². The number of thioether (sulfide) groups is 1. The van der Waals surface area contributed by atoms with Crippen LogP contribution < -0.4 is 5.73 Å². The Labute approximate surface area is 88.1 Å². The van der Waals surface area contributed by atoms with Crippen molar-refractivity contribution < 1.29 is 4.39 Å². The third-order valence-corrected chi connectivity index (χ3v) is 3.67. The zero-order chi connectivity index (χ0) is 10.8. The van der Waals surface area contributed by atoms with Gasteiger partial charge in [-0.15, -0.1) is 0 Å². The molecule has 1 rings (SSSR count). The lowest BCUT2D eigenvalue weighted by Gasteiger charge is -2.29. The number of nitrogens with two attached hydrogens (primary N) is 1. The number of rotatable bonds is 3. The van der Waals surface area contributed by atoms with E-state index in [-0.39, 0.29) is 16.6 Å². The summed E-state index contributed by atoms with van der Waals surface area (Å²) in [7, 11) is 0. The largest absolute Gasteiger partial charge is 0.323 e. The molecule has 4 heteroatoms. The van der Waals surface area contributed by atoms with Gasteiger partial charge >= 0.3 is 0 Å². The van der Waals surface area contributed by atoms with Crippen LogP contribution in [0.15, 0.2) is 18.5 Å². The van der Waals surface area contributed by atoms with Crippen LogP contribution in [0.3, 0.4) is 0 Å². The van der Waals surface area contributed by atoms with Crippen molar-refractivity contribution in [1.29, 1.82) is 0 Å². The lowest BCUT2D eigenvalue weighted by molar-refractivity contribution is 0.552. The molecule has 0 aliphatic rings. The quantitative estimate of drug-likeness (QED) is 0.839. The monoisotopic (exact) mass is 214 g/mol. The number of hydrogen-bond donors (Lipinski definition) is 1. The predicted molar refractivity (Wildman–Crippen MR) is 58.7 cm³/mol. The van der Waals surface area contributed by atoms with E-state index in [4.69, 9.17) is 5.73 Å². The third-order valence-electron chi connectivity index (χ3n) is 2.36. The fourth-order valence-corrected chi connectivity index (χ4v) is 1.52. The summed E-state index contributed by atoms with van der Waals surface area (Å²) >= 11 is 1.66. The number of halogens is 1. The van der Waals surface area contributed by atoms with Gasteiger partial charge in [0.25, 0.3) is 0 Å². The summed E-state index contributed by atoms with van der Waals surface area (Å²) in [6.45, 7) is 4.07. The van der Waals surface area contributed by atoms with E-state index in [2.05, 4.69) is 4.98 Å². The lowest BCUT2D eigenvalue weighted by Crippen LogP contribution is -2.32. The lowest BCUT2D eigenvalue weighted by atomic mass is 9.97. The Morgan fingerprint density at radius 3 is 2.64 bits per heavy atom. The molecule has 0 saturated heterocycles. The fraction of sp³-hybridized carbons (Fsp3) is 0.500. The molecule has 0 saturated carbocycles. The molecule has 1 atom stereocenters. The molecule has 0 aliphatic heterocycles. The maximum Gasteiger partial charge on any atom is 0.141 e. The van der Waals surface area contributed by atoms with Gasteiger partial charge in [-0.1, -0.05) is 0 Å². The summed E-state index contributed by atoms with van der Waals surface area (Å²) in [6, 6.07) is 1.23. The van der Waals surface area contributed by atoms with E-state index in [0.29, 0.717) is 0 Å². The molecule has 0 bridgehead atoms. The van der Waals surface area contributed by atoms with Crippen molar-refractivity contribution in [2.45, 2.75) is 24.6 Å². The summed E-state index contributed by atoms with van der Waals surface area (Å²) in [5, 5.41) is 0. The highest BCUT2D eigenvalue weighted by Crippen LogP contribution is 2.33. The Kier molecular flexibility index (Phi) is 3.50. The molecule has 1 heterocycles. The number of pyridine rings is 1. The molecule has 0 fully saturated rings. The predicted octanol–water partition coefficient (Wildman–Crippen LogP) is 2.36. The van der Waals surface area contributed by atoms with Gasteiger partial charge in [-0.05, 0) is 31.7 Å². The summed E-state index contributed by atoms with van der Waals surface area (Å²) in [5.74, 6) is -0.338. The first-order valence-corrected chi connectivity index (χ1v) is 5.61. The van der Waals surface area contributed by atoms with Gasteiger partial charge in [-0.3, -0.25) is 4.98 Å². The van der Waals surface area contributed by atoms with Crippen LogP contribution in [-0.2, 0) is 0 Å². The highest BCUT2D eigenvalue weighted by atomic mass is 32.2. The molecule has 0 aromatic carbocycles. The average molecular weight is 214 g/mol. The summed E-state index contributed by atoms with van der Waals surface area (Å²) in [4.78, 5) is 3.79. The molecule has 78 valence electrons. The van der Waals surface area contributed by atoms with Crippen LogP contribution >= 0.6 is 11.8 Å². The molecule has 0 aliphatic carbocycles. The Hall–Kier alpha value is -0.610. The molecule has 1 aromatic heterocycles. The highest BCUT2D eigenvalue weighted by Gasteiger charge is 2.26. The maximum atomic E-state index is 12.9. The van der Waals surface area contributed by atoms with E-state index in [0.717, 1.165) is 5.56 Å². The fourth-order valence-electron chi connectivity index (χ4n) is 1.13. The number of hydrogen-bond acceptors (Lipinski definition) is 3. The molecule has 0 radical (unpaired) electrons. The Morgan fingerprint density at radius 2 is 2.14 bits per heavy atom. The van der Waals surface area contributed by atoms with Crippen LogP contribution in [0.25, 0.3) is 0 Å². The zero-order valence-electron chi connectivity index (χ0n) is 8.62. The molecule has 2 nitrogen and oxygen atoms in total. The van der Waals surface area contributed by atoms with Crippen LogP contribution in [0.1, 0.15) is 25.5 Å². The van der Waals surface area contributed by atoms with Crippen molar-refractivity contribution in [3.8, 4) is 0 Å². The van der Waals surface area contributed by atoms with Crippen LogP contribution in [0, 0.1) is 5.82 Å². The van der Waals surface area contributed by atoms with Crippen LogP contribution in [0.5, 0.6) is 0 Å². The molecule has 0 spiro atoms. The van der Waals surface area contributed by atoms with E-state index >= 15 is 0 Å². The van der Waals surface area contributed by atoms with Crippen LogP contribution in [-0.4, -0.2) is 16.0 Å². The normalized spacial score (nSPS) is 14.1. The number of nitrogens with zero attached hydrogens (tertiary/aromatic N) is 1. The van der Waals surface area contributed by atoms with Crippen molar-refractivity contribution in [2.24, 2.45) is 5.73 Å². The van der Waals surface area contributed by atoms with Crippen LogP contribution in [0.4, 0.5) is 4.39 Å². The minimum atomic E-state index is -0.338. The van der Waals surface area contributed by atoms with Gasteiger partial charge in [0.2, 0.25) is 0 Å². The van der Waals surface area contributed by atoms with E-state index in [1.54, 1.807) is 18.0 Å².